The van der Waals surface area contributed by atoms with Gasteiger partial charge in [0.15, 0.2) is 5.16 Å². The molecular formula is C10H13N2O3S-. The van der Waals surface area contributed by atoms with E-state index in [0.29, 0.717) is 10.9 Å². The van der Waals surface area contributed by atoms with Gasteiger partial charge in [0.1, 0.15) is 0 Å². The topological polar surface area (TPSA) is 85.9 Å². The molecule has 6 heteroatoms. The molecule has 0 aliphatic rings. The molecule has 0 aliphatic carbocycles. The molecule has 0 atom stereocenters. The van der Waals surface area contributed by atoms with E-state index in [-0.39, 0.29) is 16.7 Å². The van der Waals surface area contributed by atoms with Crippen LogP contribution >= 0.6 is 11.8 Å². The molecule has 0 saturated carbocycles. The van der Waals surface area contributed by atoms with Crippen molar-refractivity contribution in [2.75, 3.05) is 5.75 Å². The number of aliphatic carboxylic acids is 1. The molecule has 0 fully saturated rings. The van der Waals surface area contributed by atoms with E-state index in [1.807, 2.05) is 20.8 Å². The standard InChI is InChI=1S/C10H14N2O3S/c1-10(2,3)6-4-7(13)12-9(11-6)16-5-8(14)15/h4H,5H2,1-3H3,(H,14,15)(H,11,12,13)/p-1. The van der Waals surface area contributed by atoms with E-state index >= 15 is 0 Å². The summed E-state index contributed by atoms with van der Waals surface area (Å²) in [4.78, 5) is 28.3. The van der Waals surface area contributed by atoms with Gasteiger partial charge in [0.05, 0.1) is 11.7 Å². The lowest BCUT2D eigenvalue weighted by Crippen LogP contribution is -2.25. The number of rotatable bonds is 3. The van der Waals surface area contributed by atoms with Crippen molar-refractivity contribution in [1.29, 1.82) is 0 Å². The highest BCUT2D eigenvalue weighted by Gasteiger charge is 2.17. The van der Waals surface area contributed by atoms with Gasteiger partial charge in [-0.2, -0.15) is 0 Å². The fourth-order valence-electron chi connectivity index (χ4n) is 1.02. The van der Waals surface area contributed by atoms with E-state index in [4.69, 9.17) is 0 Å². The number of carbonyl (C=O) groups excluding carboxylic acids is 1. The van der Waals surface area contributed by atoms with Gasteiger partial charge in [0, 0.05) is 17.2 Å². The molecule has 0 aromatic carbocycles. The minimum Gasteiger partial charge on any atom is -0.549 e. The first kappa shape index (κ1) is 12.8. The highest BCUT2D eigenvalue weighted by atomic mass is 32.2. The summed E-state index contributed by atoms with van der Waals surface area (Å²) >= 11 is 0.944. The molecule has 16 heavy (non-hydrogen) atoms. The van der Waals surface area contributed by atoms with Crippen LogP contribution in [0.4, 0.5) is 0 Å². The number of carboxylic acid groups (broad SMARTS) is 1. The second-order valence-corrected chi connectivity index (χ2v) is 5.31. The maximum Gasteiger partial charge on any atom is 0.251 e. The Morgan fingerprint density at radius 1 is 1.56 bits per heavy atom. The molecule has 0 saturated heterocycles. The molecule has 1 N–H and O–H groups in total. The number of aromatic amines is 1. The van der Waals surface area contributed by atoms with Gasteiger partial charge in [-0.1, -0.05) is 32.5 Å². The van der Waals surface area contributed by atoms with E-state index in [1.54, 1.807) is 0 Å². The summed E-state index contributed by atoms with van der Waals surface area (Å²) in [6.07, 6.45) is 0. The van der Waals surface area contributed by atoms with E-state index in [9.17, 15) is 14.7 Å². The Morgan fingerprint density at radius 2 is 2.19 bits per heavy atom. The molecule has 0 radical (unpaired) electrons. The summed E-state index contributed by atoms with van der Waals surface area (Å²) in [5.74, 6) is -1.41. The maximum atomic E-state index is 11.3. The van der Waals surface area contributed by atoms with Crippen LogP contribution in [0, 0.1) is 0 Å². The van der Waals surface area contributed by atoms with E-state index in [1.165, 1.54) is 6.07 Å². The highest BCUT2D eigenvalue weighted by Crippen LogP contribution is 2.20. The van der Waals surface area contributed by atoms with Crippen LogP contribution < -0.4 is 10.7 Å². The van der Waals surface area contributed by atoms with Gasteiger partial charge in [0.25, 0.3) is 5.56 Å². The first-order chi connectivity index (χ1) is 7.29. The number of aromatic nitrogens is 2. The molecule has 5 nitrogen and oxygen atoms in total. The number of nitrogens with one attached hydrogen (secondary N) is 1. The number of nitrogens with zero attached hydrogens (tertiary/aromatic N) is 1. The number of carboxylic acids is 1. The molecule has 0 aliphatic heterocycles. The average Bonchev–Trinajstić information content (AvgIpc) is 2.12. The molecular weight excluding hydrogens is 228 g/mol. The van der Waals surface area contributed by atoms with E-state index in [2.05, 4.69) is 9.97 Å². The van der Waals surface area contributed by atoms with Crippen molar-refractivity contribution in [2.45, 2.75) is 31.3 Å². The molecule has 1 rings (SSSR count). The van der Waals surface area contributed by atoms with Crippen LogP contribution in [-0.4, -0.2) is 21.7 Å². The van der Waals surface area contributed by atoms with Gasteiger partial charge in [-0.05, 0) is 0 Å². The van der Waals surface area contributed by atoms with Gasteiger partial charge >= 0.3 is 0 Å². The summed E-state index contributed by atoms with van der Waals surface area (Å²) in [5.41, 5.74) is 0.114. The van der Waals surface area contributed by atoms with Crippen molar-refractivity contribution in [3.8, 4) is 0 Å². The zero-order chi connectivity index (χ0) is 12.3. The maximum absolute atomic E-state index is 11.3. The fraction of sp³-hybridized carbons (Fsp3) is 0.500. The summed E-state index contributed by atoms with van der Waals surface area (Å²) < 4.78 is 0. The molecule has 0 unspecified atom stereocenters. The largest absolute Gasteiger partial charge is 0.549 e. The molecule has 1 aromatic rings. The van der Waals surface area contributed by atoms with Crippen LogP contribution in [0.15, 0.2) is 16.0 Å². The number of H-pyrrole nitrogens is 1. The third-order valence-electron chi connectivity index (χ3n) is 1.82. The van der Waals surface area contributed by atoms with Crippen LogP contribution in [0.5, 0.6) is 0 Å². The number of thioether (sulfide) groups is 1. The lowest BCUT2D eigenvalue weighted by Gasteiger charge is -2.17. The monoisotopic (exact) mass is 241 g/mol. The van der Waals surface area contributed by atoms with Crippen LogP contribution in [0.1, 0.15) is 26.5 Å². The smallest absolute Gasteiger partial charge is 0.251 e. The predicted octanol–water partition coefficient (Wildman–Crippen LogP) is -0.0906. The molecule has 1 heterocycles. The third-order valence-corrected chi connectivity index (χ3v) is 2.66. The predicted molar refractivity (Wildman–Crippen MR) is 59.3 cm³/mol. The Labute approximate surface area is 97.3 Å². The first-order valence-corrected chi connectivity index (χ1v) is 5.72. The Balaban J connectivity index is 2.99. The number of hydrogen-bond donors (Lipinski definition) is 1. The zero-order valence-electron chi connectivity index (χ0n) is 9.36. The van der Waals surface area contributed by atoms with Crippen molar-refractivity contribution in [3.63, 3.8) is 0 Å². The summed E-state index contributed by atoms with van der Waals surface area (Å²) in [5, 5.41) is 10.6. The van der Waals surface area contributed by atoms with Crippen LogP contribution in [0.2, 0.25) is 0 Å². The van der Waals surface area contributed by atoms with Crippen LogP contribution in [0.25, 0.3) is 0 Å². The minimum absolute atomic E-state index is 0.226. The summed E-state index contributed by atoms with van der Waals surface area (Å²) in [6, 6.07) is 1.42. The molecule has 0 spiro atoms. The number of hydrogen-bond acceptors (Lipinski definition) is 5. The quantitative estimate of drug-likeness (QED) is 0.590. The summed E-state index contributed by atoms with van der Waals surface area (Å²) in [7, 11) is 0. The Hall–Kier alpha value is -1.30. The van der Waals surface area contributed by atoms with Crippen molar-refractivity contribution in [1.82, 2.24) is 9.97 Å². The van der Waals surface area contributed by atoms with Gasteiger partial charge in [-0.25, -0.2) is 4.98 Å². The Morgan fingerprint density at radius 3 is 2.69 bits per heavy atom. The van der Waals surface area contributed by atoms with Crippen molar-refractivity contribution in [2.24, 2.45) is 0 Å². The SMILES string of the molecule is CC(C)(C)c1cc(=O)[nH]c(SCC(=O)[O-])n1. The van der Waals surface area contributed by atoms with Crippen molar-refractivity contribution < 1.29 is 9.90 Å². The van der Waals surface area contributed by atoms with Gasteiger partial charge in [0.2, 0.25) is 0 Å². The zero-order valence-corrected chi connectivity index (χ0v) is 10.2. The number of carbonyl (C=O) groups is 1. The Bertz CT molecular complexity index is 448. The average molecular weight is 241 g/mol. The second kappa shape index (κ2) is 4.69. The van der Waals surface area contributed by atoms with Gasteiger partial charge in [-0.15, -0.1) is 0 Å². The molecule has 1 aromatic heterocycles. The van der Waals surface area contributed by atoms with Gasteiger partial charge < -0.3 is 14.9 Å². The van der Waals surface area contributed by atoms with Crippen molar-refractivity contribution >= 4 is 17.7 Å². The van der Waals surface area contributed by atoms with Crippen molar-refractivity contribution in [3.05, 3.63) is 22.1 Å². The van der Waals surface area contributed by atoms with Gasteiger partial charge in [-0.3, -0.25) is 4.79 Å². The van der Waals surface area contributed by atoms with Crippen LogP contribution in [0.3, 0.4) is 0 Å². The fourth-order valence-corrected chi connectivity index (χ4v) is 1.61. The molecule has 0 bridgehead atoms. The highest BCUT2D eigenvalue weighted by molar-refractivity contribution is 7.99. The summed E-state index contributed by atoms with van der Waals surface area (Å²) in [6.45, 7) is 5.80. The Kier molecular flexibility index (Phi) is 3.74. The minimum atomic E-state index is -1.19. The lowest BCUT2D eigenvalue weighted by molar-refractivity contribution is -0.301. The molecule has 0 amide bonds. The van der Waals surface area contributed by atoms with Crippen LogP contribution in [-0.2, 0) is 10.2 Å². The molecule has 88 valence electrons. The van der Waals surface area contributed by atoms with E-state index < -0.39 is 5.97 Å². The normalized spacial score (nSPS) is 11.4. The van der Waals surface area contributed by atoms with E-state index in [0.717, 1.165) is 11.8 Å². The first-order valence-electron chi connectivity index (χ1n) is 4.73. The third kappa shape index (κ3) is 3.69. The lowest BCUT2D eigenvalue weighted by atomic mass is 9.92. The second-order valence-electron chi connectivity index (χ2n) is 4.35.